The van der Waals surface area contributed by atoms with E-state index in [2.05, 4.69) is 17.0 Å². The number of piperazine rings is 1. The number of hydrogen-bond donors (Lipinski definition) is 0. The second kappa shape index (κ2) is 8.65. The number of fused-ring (bicyclic) bond motifs is 1. The Balaban J connectivity index is 1.41. The molecule has 0 aromatic heterocycles. The van der Waals surface area contributed by atoms with E-state index < -0.39 is 16.1 Å². The number of carbonyl (C=O) groups excluding carboxylic acids is 1. The predicted octanol–water partition coefficient (Wildman–Crippen LogP) is 1.95. The van der Waals surface area contributed by atoms with Gasteiger partial charge in [-0.25, -0.2) is 8.42 Å². The standard InChI is InChI=1S/C22H27N3O4S/c1-30(27,28)25-12-11-21(29-20-10-6-5-9-19(20)25)22(26)24-15-13-23(14-16-24)17-18-7-3-2-4-8-18/h2-10,21H,11-17H2,1H3/t21-/m1/s1. The number of para-hydroxylation sites is 2. The van der Waals surface area contributed by atoms with Crippen molar-refractivity contribution in [2.24, 2.45) is 0 Å². The Bertz CT molecular complexity index is 988. The molecule has 1 amide bonds. The highest BCUT2D eigenvalue weighted by Crippen LogP contribution is 2.34. The fourth-order valence-electron chi connectivity index (χ4n) is 4.02. The molecule has 2 aromatic rings. The minimum Gasteiger partial charge on any atom is -0.478 e. The maximum absolute atomic E-state index is 13.2. The highest BCUT2D eigenvalue weighted by Gasteiger charge is 2.34. The van der Waals surface area contributed by atoms with E-state index >= 15 is 0 Å². The number of amides is 1. The molecule has 0 spiro atoms. The van der Waals surface area contributed by atoms with E-state index in [9.17, 15) is 13.2 Å². The molecule has 0 saturated carbocycles. The van der Waals surface area contributed by atoms with Crippen LogP contribution in [-0.4, -0.2) is 69.2 Å². The van der Waals surface area contributed by atoms with Crippen molar-refractivity contribution in [3.63, 3.8) is 0 Å². The number of rotatable bonds is 4. The molecule has 2 heterocycles. The second-order valence-electron chi connectivity index (χ2n) is 7.79. The Kier molecular flexibility index (Phi) is 5.97. The summed E-state index contributed by atoms with van der Waals surface area (Å²) < 4.78 is 31.8. The number of benzene rings is 2. The lowest BCUT2D eigenvalue weighted by Crippen LogP contribution is -2.52. The van der Waals surface area contributed by atoms with Crippen molar-refractivity contribution in [2.75, 3.05) is 43.3 Å². The Morgan fingerprint density at radius 2 is 1.63 bits per heavy atom. The van der Waals surface area contributed by atoms with Crippen LogP contribution in [0.5, 0.6) is 5.75 Å². The first-order valence-electron chi connectivity index (χ1n) is 10.2. The molecule has 30 heavy (non-hydrogen) atoms. The van der Waals surface area contributed by atoms with Gasteiger partial charge in [0, 0.05) is 45.7 Å². The molecule has 1 fully saturated rings. The lowest BCUT2D eigenvalue weighted by atomic mass is 10.1. The van der Waals surface area contributed by atoms with Gasteiger partial charge in [0.15, 0.2) is 6.10 Å². The van der Waals surface area contributed by atoms with Gasteiger partial charge in [-0.1, -0.05) is 42.5 Å². The van der Waals surface area contributed by atoms with E-state index in [0.29, 0.717) is 30.9 Å². The molecule has 2 aliphatic heterocycles. The van der Waals surface area contributed by atoms with E-state index in [1.54, 1.807) is 24.3 Å². The van der Waals surface area contributed by atoms with Crippen molar-refractivity contribution < 1.29 is 17.9 Å². The van der Waals surface area contributed by atoms with Crippen LogP contribution in [0.15, 0.2) is 54.6 Å². The van der Waals surface area contributed by atoms with Gasteiger partial charge < -0.3 is 9.64 Å². The quantitative estimate of drug-likeness (QED) is 0.743. The molecule has 7 nitrogen and oxygen atoms in total. The van der Waals surface area contributed by atoms with Crippen molar-refractivity contribution in [2.45, 2.75) is 19.1 Å². The Morgan fingerprint density at radius 3 is 2.33 bits per heavy atom. The molecule has 2 aliphatic rings. The zero-order valence-corrected chi connectivity index (χ0v) is 17.9. The highest BCUT2D eigenvalue weighted by atomic mass is 32.2. The molecular weight excluding hydrogens is 402 g/mol. The summed E-state index contributed by atoms with van der Waals surface area (Å²) in [7, 11) is -3.45. The van der Waals surface area contributed by atoms with Crippen molar-refractivity contribution >= 4 is 21.6 Å². The molecule has 1 saturated heterocycles. The van der Waals surface area contributed by atoms with Crippen LogP contribution in [0.25, 0.3) is 0 Å². The molecule has 8 heteroatoms. The van der Waals surface area contributed by atoms with Gasteiger partial charge in [-0.2, -0.15) is 0 Å². The average Bonchev–Trinajstić information content (AvgIpc) is 2.94. The lowest BCUT2D eigenvalue weighted by molar-refractivity contribution is -0.140. The van der Waals surface area contributed by atoms with Gasteiger partial charge in [0.25, 0.3) is 5.91 Å². The summed E-state index contributed by atoms with van der Waals surface area (Å²) in [5, 5.41) is 0. The minimum atomic E-state index is -3.45. The summed E-state index contributed by atoms with van der Waals surface area (Å²) in [6.45, 7) is 3.99. The molecule has 0 N–H and O–H groups in total. The van der Waals surface area contributed by atoms with Gasteiger partial charge in [-0.05, 0) is 17.7 Å². The number of carbonyl (C=O) groups is 1. The number of nitrogens with zero attached hydrogens (tertiary/aromatic N) is 3. The Morgan fingerprint density at radius 1 is 0.967 bits per heavy atom. The molecule has 1 atom stereocenters. The van der Waals surface area contributed by atoms with Crippen LogP contribution in [0, 0.1) is 0 Å². The van der Waals surface area contributed by atoms with E-state index in [1.807, 2.05) is 23.1 Å². The van der Waals surface area contributed by atoms with Gasteiger partial charge in [0.05, 0.1) is 11.9 Å². The number of anilines is 1. The van der Waals surface area contributed by atoms with E-state index in [1.165, 1.54) is 16.1 Å². The first-order chi connectivity index (χ1) is 14.4. The van der Waals surface area contributed by atoms with Crippen LogP contribution in [0.1, 0.15) is 12.0 Å². The Labute approximate surface area is 177 Å². The molecule has 2 aromatic carbocycles. The summed E-state index contributed by atoms with van der Waals surface area (Å²) >= 11 is 0. The van der Waals surface area contributed by atoms with E-state index in [0.717, 1.165) is 19.6 Å². The van der Waals surface area contributed by atoms with Gasteiger partial charge in [-0.3, -0.25) is 14.0 Å². The minimum absolute atomic E-state index is 0.0699. The first kappa shape index (κ1) is 20.7. The van der Waals surface area contributed by atoms with Crippen LogP contribution < -0.4 is 9.04 Å². The van der Waals surface area contributed by atoms with E-state index in [-0.39, 0.29) is 12.5 Å². The third-order valence-corrected chi connectivity index (χ3v) is 6.79. The van der Waals surface area contributed by atoms with Crippen LogP contribution in [0.4, 0.5) is 5.69 Å². The van der Waals surface area contributed by atoms with Crippen LogP contribution in [-0.2, 0) is 21.4 Å². The Hall–Kier alpha value is -2.58. The number of sulfonamides is 1. The molecule has 0 bridgehead atoms. The monoisotopic (exact) mass is 429 g/mol. The maximum Gasteiger partial charge on any atom is 0.263 e. The summed E-state index contributed by atoms with van der Waals surface area (Å²) in [5.74, 6) is 0.362. The number of hydrogen-bond acceptors (Lipinski definition) is 5. The van der Waals surface area contributed by atoms with E-state index in [4.69, 9.17) is 4.74 Å². The lowest BCUT2D eigenvalue weighted by Gasteiger charge is -2.36. The SMILES string of the molecule is CS(=O)(=O)N1CC[C@H](C(=O)N2CCN(Cc3ccccc3)CC2)Oc2ccccc21. The van der Waals surface area contributed by atoms with Gasteiger partial charge in [-0.15, -0.1) is 0 Å². The fraction of sp³-hybridized carbons (Fsp3) is 0.409. The van der Waals surface area contributed by atoms with Crippen LogP contribution in [0.2, 0.25) is 0 Å². The van der Waals surface area contributed by atoms with Crippen LogP contribution in [0.3, 0.4) is 0 Å². The number of ether oxygens (including phenoxy) is 1. The molecule has 4 rings (SSSR count). The first-order valence-corrected chi connectivity index (χ1v) is 12.0. The maximum atomic E-state index is 13.2. The largest absolute Gasteiger partial charge is 0.478 e. The molecule has 160 valence electrons. The summed E-state index contributed by atoms with van der Waals surface area (Å²) in [6, 6.07) is 17.3. The normalized spacial score (nSPS) is 20.2. The molecular formula is C22H27N3O4S. The average molecular weight is 430 g/mol. The zero-order valence-electron chi connectivity index (χ0n) is 17.1. The third-order valence-electron chi connectivity index (χ3n) is 5.61. The van der Waals surface area contributed by atoms with Crippen LogP contribution >= 0.6 is 0 Å². The van der Waals surface area contributed by atoms with Gasteiger partial charge in [0.1, 0.15) is 5.75 Å². The zero-order chi connectivity index (χ0) is 21.1. The van der Waals surface area contributed by atoms with Crippen molar-refractivity contribution in [3.05, 3.63) is 60.2 Å². The van der Waals surface area contributed by atoms with Crippen molar-refractivity contribution in [3.8, 4) is 5.75 Å². The van der Waals surface area contributed by atoms with Gasteiger partial charge >= 0.3 is 0 Å². The fourth-order valence-corrected chi connectivity index (χ4v) is 4.97. The summed E-state index contributed by atoms with van der Waals surface area (Å²) in [5.41, 5.74) is 1.75. The smallest absolute Gasteiger partial charge is 0.263 e. The summed E-state index contributed by atoms with van der Waals surface area (Å²) in [6.07, 6.45) is 0.821. The van der Waals surface area contributed by atoms with Crippen molar-refractivity contribution in [1.29, 1.82) is 0 Å². The molecule has 0 aliphatic carbocycles. The second-order valence-corrected chi connectivity index (χ2v) is 9.69. The molecule has 0 unspecified atom stereocenters. The van der Waals surface area contributed by atoms with Crippen molar-refractivity contribution in [1.82, 2.24) is 9.80 Å². The summed E-state index contributed by atoms with van der Waals surface area (Å²) in [4.78, 5) is 17.3. The predicted molar refractivity (Wildman–Crippen MR) is 116 cm³/mol. The van der Waals surface area contributed by atoms with Gasteiger partial charge in [0.2, 0.25) is 10.0 Å². The molecule has 0 radical (unpaired) electrons. The topological polar surface area (TPSA) is 70.2 Å². The highest BCUT2D eigenvalue weighted by molar-refractivity contribution is 7.92. The third kappa shape index (κ3) is 4.60.